The van der Waals surface area contributed by atoms with Crippen LogP contribution in [0.5, 0.6) is 0 Å². The van der Waals surface area contributed by atoms with Crippen LogP contribution in [0.3, 0.4) is 0 Å². The van der Waals surface area contributed by atoms with Crippen LogP contribution in [-0.4, -0.2) is 36.0 Å². The maximum atomic E-state index is 12.4. The standard InChI is InChI=1S/C13H17BrN2O.ClH/c1-9-8-16(10(2)7-15-9)13(17)11-4-3-5-12(14)6-11;/h3-6,9-10,15H,7-8H2,1-2H3;1H. The van der Waals surface area contributed by atoms with Crippen molar-refractivity contribution >= 4 is 34.2 Å². The van der Waals surface area contributed by atoms with Crippen LogP contribution >= 0.6 is 28.3 Å². The zero-order chi connectivity index (χ0) is 12.4. The minimum Gasteiger partial charge on any atom is -0.333 e. The Morgan fingerprint density at radius 3 is 2.83 bits per heavy atom. The van der Waals surface area contributed by atoms with Gasteiger partial charge in [0, 0.05) is 35.2 Å². The summed E-state index contributed by atoms with van der Waals surface area (Å²) in [7, 11) is 0. The number of nitrogens with one attached hydrogen (secondary N) is 1. The Bertz CT molecular complexity index is 427. The first-order valence-corrected chi connectivity index (χ1v) is 6.67. The average Bonchev–Trinajstić information content (AvgIpc) is 2.31. The molecular formula is C13H18BrClN2O. The third-order valence-electron chi connectivity index (χ3n) is 3.10. The molecule has 0 radical (unpaired) electrons. The molecule has 0 saturated carbocycles. The molecule has 1 heterocycles. The molecule has 1 N–H and O–H groups in total. The van der Waals surface area contributed by atoms with E-state index in [1.165, 1.54) is 0 Å². The van der Waals surface area contributed by atoms with Gasteiger partial charge in [-0.05, 0) is 32.0 Å². The van der Waals surface area contributed by atoms with Gasteiger partial charge in [-0.3, -0.25) is 4.79 Å². The fourth-order valence-electron chi connectivity index (χ4n) is 2.09. The van der Waals surface area contributed by atoms with Gasteiger partial charge < -0.3 is 10.2 Å². The van der Waals surface area contributed by atoms with Gasteiger partial charge in [-0.25, -0.2) is 0 Å². The molecule has 1 aliphatic heterocycles. The molecule has 2 unspecified atom stereocenters. The van der Waals surface area contributed by atoms with Crippen LogP contribution in [0.25, 0.3) is 0 Å². The third kappa shape index (κ3) is 3.46. The summed E-state index contributed by atoms with van der Waals surface area (Å²) >= 11 is 3.40. The normalized spacial score (nSPS) is 23.4. The third-order valence-corrected chi connectivity index (χ3v) is 3.59. The first-order chi connectivity index (χ1) is 8.08. The van der Waals surface area contributed by atoms with Gasteiger partial charge in [0.25, 0.3) is 5.91 Å². The molecule has 100 valence electrons. The van der Waals surface area contributed by atoms with Crippen molar-refractivity contribution in [2.24, 2.45) is 0 Å². The van der Waals surface area contributed by atoms with Crippen LogP contribution in [0, 0.1) is 0 Å². The van der Waals surface area contributed by atoms with E-state index in [9.17, 15) is 4.79 Å². The summed E-state index contributed by atoms with van der Waals surface area (Å²) in [4.78, 5) is 14.3. The predicted octanol–water partition coefficient (Wildman–Crippen LogP) is 2.69. The quantitative estimate of drug-likeness (QED) is 0.857. The average molecular weight is 334 g/mol. The summed E-state index contributed by atoms with van der Waals surface area (Å²) in [5.41, 5.74) is 0.750. The number of piperazine rings is 1. The minimum atomic E-state index is 0. The van der Waals surface area contributed by atoms with E-state index in [-0.39, 0.29) is 24.4 Å². The molecule has 2 atom stereocenters. The highest BCUT2D eigenvalue weighted by Crippen LogP contribution is 2.16. The number of rotatable bonds is 1. The lowest BCUT2D eigenvalue weighted by atomic mass is 10.1. The Morgan fingerprint density at radius 2 is 2.17 bits per heavy atom. The Labute approximate surface area is 122 Å². The molecule has 0 aliphatic carbocycles. The summed E-state index contributed by atoms with van der Waals surface area (Å²) < 4.78 is 0.944. The maximum absolute atomic E-state index is 12.4. The van der Waals surface area contributed by atoms with Gasteiger partial charge in [0.05, 0.1) is 0 Å². The molecule has 1 aromatic rings. The minimum absolute atomic E-state index is 0. The Hall–Kier alpha value is -0.580. The van der Waals surface area contributed by atoms with Gasteiger partial charge in [0.15, 0.2) is 0 Å². The van der Waals surface area contributed by atoms with Crippen molar-refractivity contribution in [3.63, 3.8) is 0 Å². The van der Waals surface area contributed by atoms with Crippen molar-refractivity contribution in [1.82, 2.24) is 10.2 Å². The van der Waals surface area contributed by atoms with E-state index in [1.807, 2.05) is 29.2 Å². The van der Waals surface area contributed by atoms with E-state index in [0.717, 1.165) is 23.1 Å². The number of hydrogen-bond donors (Lipinski definition) is 1. The van der Waals surface area contributed by atoms with Gasteiger partial charge >= 0.3 is 0 Å². The molecular weight excluding hydrogens is 316 g/mol. The molecule has 2 rings (SSSR count). The fourth-order valence-corrected chi connectivity index (χ4v) is 2.49. The number of nitrogens with zero attached hydrogens (tertiary/aromatic N) is 1. The lowest BCUT2D eigenvalue weighted by molar-refractivity contribution is 0.0616. The summed E-state index contributed by atoms with van der Waals surface area (Å²) in [6.07, 6.45) is 0. The number of carbonyl (C=O) groups is 1. The first-order valence-electron chi connectivity index (χ1n) is 5.88. The van der Waals surface area contributed by atoms with Gasteiger partial charge in [0.1, 0.15) is 0 Å². The predicted molar refractivity (Wildman–Crippen MR) is 79.4 cm³/mol. The molecule has 1 aliphatic rings. The lowest BCUT2D eigenvalue weighted by Gasteiger charge is -2.37. The second-order valence-corrected chi connectivity index (χ2v) is 5.54. The number of carbonyl (C=O) groups excluding carboxylic acids is 1. The molecule has 3 nitrogen and oxygen atoms in total. The van der Waals surface area contributed by atoms with E-state index in [1.54, 1.807) is 0 Å². The summed E-state index contributed by atoms with van der Waals surface area (Å²) in [6, 6.07) is 8.18. The molecule has 1 saturated heterocycles. The number of benzene rings is 1. The number of hydrogen-bond acceptors (Lipinski definition) is 2. The lowest BCUT2D eigenvalue weighted by Crippen LogP contribution is -2.56. The second-order valence-electron chi connectivity index (χ2n) is 4.63. The molecule has 0 bridgehead atoms. The van der Waals surface area contributed by atoms with Crippen molar-refractivity contribution in [1.29, 1.82) is 0 Å². The zero-order valence-electron chi connectivity index (χ0n) is 10.5. The number of halogens is 2. The van der Waals surface area contributed by atoms with E-state index in [4.69, 9.17) is 0 Å². The molecule has 0 aromatic heterocycles. The van der Waals surface area contributed by atoms with Crippen molar-refractivity contribution in [2.45, 2.75) is 25.9 Å². The van der Waals surface area contributed by atoms with E-state index < -0.39 is 0 Å². The Morgan fingerprint density at radius 1 is 1.44 bits per heavy atom. The van der Waals surface area contributed by atoms with Crippen LogP contribution in [-0.2, 0) is 0 Å². The SMILES string of the molecule is CC1CN(C(=O)c2cccc(Br)c2)C(C)CN1.Cl. The van der Waals surface area contributed by atoms with E-state index in [2.05, 4.69) is 35.1 Å². The smallest absolute Gasteiger partial charge is 0.254 e. The van der Waals surface area contributed by atoms with Crippen molar-refractivity contribution in [2.75, 3.05) is 13.1 Å². The largest absolute Gasteiger partial charge is 0.333 e. The molecule has 1 amide bonds. The van der Waals surface area contributed by atoms with E-state index in [0.29, 0.717) is 6.04 Å². The van der Waals surface area contributed by atoms with Crippen molar-refractivity contribution < 1.29 is 4.79 Å². The van der Waals surface area contributed by atoms with Gasteiger partial charge in [-0.1, -0.05) is 22.0 Å². The summed E-state index contributed by atoms with van der Waals surface area (Å²) in [6.45, 7) is 5.81. The van der Waals surface area contributed by atoms with Gasteiger partial charge in [0.2, 0.25) is 0 Å². The van der Waals surface area contributed by atoms with Crippen LogP contribution in [0.15, 0.2) is 28.7 Å². The Balaban J connectivity index is 0.00000162. The summed E-state index contributed by atoms with van der Waals surface area (Å²) in [5.74, 6) is 0.118. The first kappa shape index (κ1) is 15.5. The molecule has 1 fully saturated rings. The van der Waals surface area contributed by atoms with Crippen LogP contribution in [0.1, 0.15) is 24.2 Å². The van der Waals surface area contributed by atoms with Gasteiger partial charge in [-0.2, -0.15) is 0 Å². The Kier molecular flexibility index (Phi) is 5.63. The molecule has 5 heteroatoms. The van der Waals surface area contributed by atoms with Crippen LogP contribution in [0.2, 0.25) is 0 Å². The van der Waals surface area contributed by atoms with E-state index >= 15 is 0 Å². The molecule has 0 spiro atoms. The maximum Gasteiger partial charge on any atom is 0.254 e. The highest BCUT2D eigenvalue weighted by Gasteiger charge is 2.27. The molecule has 1 aromatic carbocycles. The molecule has 18 heavy (non-hydrogen) atoms. The second kappa shape index (κ2) is 6.55. The fraction of sp³-hybridized carbons (Fsp3) is 0.462. The van der Waals surface area contributed by atoms with Crippen LogP contribution < -0.4 is 5.32 Å². The van der Waals surface area contributed by atoms with Crippen LogP contribution in [0.4, 0.5) is 0 Å². The highest BCUT2D eigenvalue weighted by molar-refractivity contribution is 9.10. The topological polar surface area (TPSA) is 32.3 Å². The number of amides is 1. The highest BCUT2D eigenvalue weighted by atomic mass is 79.9. The monoisotopic (exact) mass is 332 g/mol. The van der Waals surface area contributed by atoms with Crippen molar-refractivity contribution in [3.05, 3.63) is 34.3 Å². The van der Waals surface area contributed by atoms with Crippen molar-refractivity contribution in [3.8, 4) is 0 Å². The van der Waals surface area contributed by atoms with Gasteiger partial charge in [-0.15, -0.1) is 12.4 Å². The summed E-state index contributed by atoms with van der Waals surface area (Å²) in [5, 5.41) is 3.38. The zero-order valence-corrected chi connectivity index (χ0v) is 12.9.